The lowest BCUT2D eigenvalue weighted by atomic mass is 10.0. The zero-order chi connectivity index (χ0) is 12.3. The highest BCUT2D eigenvalue weighted by atomic mass is 79.9. The fourth-order valence-electron chi connectivity index (χ4n) is 2.09. The summed E-state index contributed by atoms with van der Waals surface area (Å²) in [6, 6.07) is 2.78. The molecule has 0 aromatic carbocycles. The summed E-state index contributed by atoms with van der Waals surface area (Å²) in [5.41, 5.74) is 1.43. The number of halogens is 2. The van der Waals surface area contributed by atoms with Gasteiger partial charge in [-0.2, -0.15) is 0 Å². The first-order chi connectivity index (χ1) is 8.20. The Bertz CT molecular complexity index is 360. The maximum atomic E-state index is 3.68. The van der Waals surface area contributed by atoms with Crippen molar-refractivity contribution in [3.05, 3.63) is 19.2 Å². The molecular weight excluding hydrogens is 362 g/mol. The Morgan fingerprint density at radius 1 is 1.47 bits per heavy atom. The first-order valence-electron chi connectivity index (χ1n) is 6.38. The van der Waals surface area contributed by atoms with Crippen LogP contribution in [0.2, 0.25) is 0 Å². The Morgan fingerprint density at radius 3 is 2.76 bits per heavy atom. The third-order valence-electron chi connectivity index (χ3n) is 3.26. The lowest BCUT2D eigenvalue weighted by Gasteiger charge is -2.18. The molecule has 1 saturated carbocycles. The number of hydrogen-bond acceptors (Lipinski definition) is 2. The van der Waals surface area contributed by atoms with Crippen molar-refractivity contribution < 1.29 is 0 Å². The first kappa shape index (κ1) is 14.0. The highest BCUT2D eigenvalue weighted by Gasteiger charge is 2.24. The fraction of sp³-hybridized carbons (Fsp3) is 0.692. The smallest absolute Gasteiger partial charge is 0.0758 e. The molecule has 1 heterocycles. The topological polar surface area (TPSA) is 12.0 Å². The zero-order valence-corrected chi connectivity index (χ0v) is 14.1. The van der Waals surface area contributed by atoms with Crippen LogP contribution in [0.1, 0.15) is 50.6 Å². The number of rotatable bonds is 7. The van der Waals surface area contributed by atoms with Crippen LogP contribution in [0.5, 0.6) is 0 Å². The van der Waals surface area contributed by atoms with Gasteiger partial charge >= 0.3 is 0 Å². The molecule has 0 spiro atoms. The molecule has 4 heteroatoms. The summed E-state index contributed by atoms with van der Waals surface area (Å²) >= 11 is 9.03. The average Bonchev–Trinajstić information content (AvgIpc) is 3.05. The summed E-state index contributed by atoms with van der Waals surface area (Å²) in [6.07, 6.45) is 6.75. The van der Waals surface area contributed by atoms with Gasteiger partial charge in [0, 0.05) is 6.04 Å². The van der Waals surface area contributed by atoms with Gasteiger partial charge in [0.1, 0.15) is 0 Å². The van der Waals surface area contributed by atoms with E-state index in [2.05, 4.69) is 50.2 Å². The molecule has 1 aromatic rings. The Hall–Kier alpha value is 0.620. The van der Waals surface area contributed by atoms with Crippen LogP contribution in [0.4, 0.5) is 0 Å². The molecular formula is C13H19Br2NS. The van der Waals surface area contributed by atoms with Gasteiger partial charge in [0.15, 0.2) is 0 Å². The maximum Gasteiger partial charge on any atom is 0.0758 e. The summed E-state index contributed by atoms with van der Waals surface area (Å²) in [6.45, 7) is 3.33. The minimum absolute atomic E-state index is 0.521. The summed E-state index contributed by atoms with van der Waals surface area (Å²) in [5, 5.41) is 3.68. The SMILES string of the molecule is CCCNC(CCC1CC1)c1cc(Br)sc1Br. The van der Waals surface area contributed by atoms with Crippen LogP contribution in [0, 0.1) is 5.92 Å². The molecule has 1 N–H and O–H groups in total. The van der Waals surface area contributed by atoms with Crippen LogP contribution < -0.4 is 5.32 Å². The van der Waals surface area contributed by atoms with Crippen molar-refractivity contribution in [3.63, 3.8) is 0 Å². The molecule has 0 aliphatic heterocycles. The average molecular weight is 381 g/mol. The van der Waals surface area contributed by atoms with E-state index in [0.29, 0.717) is 6.04 Å². The van der Waals surface area contributed by atoms with E-state index in [-0.39, 0.29) is 0 Å². The van der Waals surface area contributed by atoms with Crippen LogP contribution in [-0.4, -0.2) is 6.54 Å². The molecule has 1 nitrogen and oxygen atoms in total. The molecule has 96 valence electrons. The van der Waals surface area contributed by atoms with Gasteiger partial charge in [0.05, 0.1) is 7.57 Å². The molecule has 0 saturated heterocycles. The summed E-state index contributed by atoms with van der Waals surface area (Å²) < 4.78 is 2.49. The van der Waals surface area contributed by atoms with Crippen LogP contribution in [0.15, 0.2) is 13.6 Å². The lowest BCUT2D eigenvalue weighted by molar-refractivity contribution is 0.470. The van der Waals surface area contributed by atoms with Gasteiger partial charge in [-0.05, 0) is 75.2 Å². The van der Waals surface area contributed by atoms with E-state index in [0.717, 1.165) is 12.5 Å². The third-order valence-corrected chi connectivity index (χ3v) is 5.65. The Balaban J connectivity index is 1.98. The maximum absolute atomic E-state index is 3.68. The molecule has 1 unspecified atom stereocenters. The zero-order valence-electron chi connectivity index (χ0n) is 10.1. The van der Waals surface area contributed by atoms with E-state index in [9.17, 15) is 0 Å². The molecule has 17 heavy (non-hydrogen) atoms. The van der Waals surface area contributed by atoms with E-state index >= 15 is 0 Å². The van der Waals surface area contributed by atoms with Crippen molar-refractivity contribution in [3.8, 4) is 0 Å². The second kappa shape index (κ2) is 6.69. The minimum Gasteiger partial charge on any atom is -0.310 e. The molecule has 1 aliphatic rings. The van der Waals surface area contributed by atoms with Gasteiger partial charge in [0.25, 0.3) is 0 Å². The molecule has 0 radical (unpaired) electrons. The van der Waals surface area contributed by atoms with Gasteiger partial charge < -0.3 is 5.32 Å². The summed E-state index contributed by atoms with van der Waals surface area (Å²) in [5.74, 6) is 1.02. The molecule has 1 atom stereocenters. The predicted molar refractivity (Wildman–Crippen MR) is 82.7 cm³/mol. The molecule has 1 fully saturated rings. The van der Waals surface area contributed by atoms with E-state index in [1.165, 1.54) is 45.2 Å². The molecule has 1 aliphatic carbocycles. The highest BCUT2D eigenvalue weighted by Crippen LogP contribution is 2.40. The largest absolute Gasteiger partial charge is 0.310 e. The molecule has 1 aromatic heterocycles. The monoisotopic (exact) mass is 379 g/mol. The number of thiophene rings is 1. The Kier molecular flexibility index (Phi) is 5.52. The highest BCUT2D eigenvalue weighted by molar-refractivity contribution is 9.12. The third kappa shape index (κ3) is 4.34. The molecule has 0 amide bonds. The van der Waals surface area contributed by atoms with E-state index in [1.807, 2.05) is 0 Å². The summed E-state index contributed by atoms with van der Waals surface area (Å²) in [7, 11) is 0. The van der Waals surface area contributed by atoms with E-state index < -0.39 is 0 Å². The minimum atomic E-state index is 0.521. The number of nitrogens with one attached hydrogen (secondary N) is 1. The molecule has 0 bridgehead atoms. The van der Waals surface area contributed by atoms with Gasteiger partial charge in [-0.1, -0.05) is 19.8 Å². The van der Waals surface area contributed by atoms with Crippen molar-refractivity contribution >= 4 is 43.2 Å². The van der Waals surface area contributed by atoms with Gasteiger partial charge in [-0.25, -0.2) is 0 Å². The number of hydrogen-bond donors (Lipinski definition) is 1. The molecule has 2 rings (SSSR count). The van der Waals surface area contributed by atoms with Gasteiger partial charge in [0.2, 0.25) is 0 Å². The summed E-state index contributed by atoms with van der Waals surface area (Å²) in [4.78, 5) is 0. The standard InChI is InChI=1S/C13H19Br2NS/c1-2-7-16-11(6-5-9-3-4-9)10-8-12(14)17-13(10)15/h8-9,11,16H,2-7H2,1H3. The van der Waals surface area contributed by atoms with Crippen LogP contribution in [0.3, 0.4) is 0 Å². The van der Waals surface area contributed by atoms with Crippen molar-refractivity contribution in [1.29, 1.82) is 0 Å². The Morgan fingerprint density at radius 2 is 2.24 bits per heavy atom. The quantitative estimate of drug-likeness (QED) is 0.657. The second-order valence-corrected chi connectivity index (χ2v) is 8.56. The van der Waals surface area contributed by atoms with Crippen LogP contribution in [0.25, 0.3) is 0 Å². The van der Waals surface area contributed by atoms with Crippen LogP contribution in [-0.2, 0) is 0 Å². The Labute approximate surface area is 125 Å². The van der Waals surface area contributed by atoms with Crippen molar-refractivity contribution in [2.45, 2.75) is 45.1 Å². The van der Waals surface area contributed by atoms with E-state index in [4.69, 9.17) is 0 Å². The van der Waals surface area contributed by atoms with Crippen molar-refractivity contribution in [2.75, 3.05) is 6.54 Å². The first-order valence-corrected chi connectivity index (χ1v) is 8.79. The fourth-order valence-corrected chi connectivity index (χ4v) is 5.06. The second-order valence-electron chi connectivity index (χ2n) is 4.81. The lowest BCUT2D eigenvalue weighted by Crippen LogP contribution is -2.22. The predicted octanol–water partition coefficient (Wildman–Crippen LogP) is 5.50. The van der Waals surface area contributed by atoms with Crippen molar-refractivity contribution in [2.24, 2.45) is 5.92 Å². The van der Waals surface area contributed by atoms with Crippen LogP contribution >= 0.6 is 43.2 Å². The van der Waals surface area contributed by atoms with Crippen molar-refractivity contribution in [1.82, 2.24) is 5.32 Å². The van der Waals surface area contributed by atoms with Gasteiger partial charge in [-0.15, -0.1) is 11.3 Å². The normalized spacial score (nSPS) is 17.4. The van der Waals surface area contributed by atoms with E-state index in [1.54, 1.807) is 11.3 Å². The van der Waals surface area contributed by atoms with Gasteiger partial charge in [-0.3, -0.25) is 0 Å².